The summed E-state index contributed by atoms with van der Waals surface area (Å²) in [7, 11) is 1.76. The molecule has 5 nitrogen and oxygen atoms in total. The zero-order chi connectivity index (χ0) is 18.1. The lowest BCUT2D eigenvalue weighted by Gasteiger charge is -2.21. The van der Waals surface area contributed by atoms with Crippen LogP contribution >= 0.6 is 0 Å². The second-order valence-electron chi connectivity index (χ2n) is 6.91. The topological polar surface area (TPSA) is 65.5 Å². The number of hydrogen-bond donors (Lipinski definition) is 3. The first-order valence-corrected chi connectivity index (χ1v) is 9.38. The van der Waals surface area contributed by atoms with E-state index in [1.54, 1.807) is 7.05 Å². The van der Waals surface area contributed by atoms with Crippen LogP contribution in [0, 0.1) is 19.8 Å². The van der Waals surface area contributed by atoms with Crippen LogP contribution < -0.4 is 16.0 Å². The SMILES string of the molecule is CN=C(NCCNC(=O)C1CCCCC1)NCc1ccc(C)cc1C. The molecule has 1 amide bonds. The summed E-state index contributed by atoms with van der Waals surface area (Å²) in [5.74, 6) is 1.18. The second-order valence-corrected chi connectivity index (χ2v) is 6.91. The van der Waals surface area contributed by atoms with Gasteiger partial charge in [0.05, 0.1) is 0 Å². The average molecular weight is 345 g/mol. The number of carbonyl (C=O) groups excluding carboxylic acids is 1. The van der Waals surface area contributed by atoms with Crippen LogP contribution in [0.2, 0.25) is 0 Å². The molecule has 0 bridgehead atoms. The third-order valence-electron chi connectivity index (χ3n) is 4.86. The van der Waals surface area contributed by atoms with E-state index in [-0.39, 0.29) is 11.8 Å². The van der Waals surface area contributed by atoms with Crippen molar-refractivity contribution >= 4 is 11.9 Å². The predicted octanol–water partition coefficient (Wildman–Crippen LogP) is 2.66. The Hall–Kier alpha value is -2.04. The molecule has 1 fully saturated rings. The monoisotopic (exact) mass is 344 g/mol. The fraction of sp³-hybridized carbons (Fsp3) is 0.600. The first-order valence-electron chi connectivity index (χ1n) is 9.38. The molecule has 1 aromatic carbocycles. The third kappa shape index (κ3) is 6.40. The molecule has 0 aliphatic heterocycles. The highest BCUT2D eigenvalue weighted by Crippen LogP contribution is 2.23. The normalized spacial score (nSPS) is 15.7. The summed E-state index contributed by atoms with van der Waals surface area (Å²) in [5.41, 5.74) is 3.82. The molecule has 1 aliphatic rings. The zero-order valence-corrected chi connectivity index (χ0v) is 15.8. The van der Waals surface area contributed by atoms with Crippen molar-refractivity contribution in [1.29, 1.82) is 0 Å². The molecule has 0 aromatic heterocycles. The Morgan fingerprint density at radius 3 is 2.48 bits per heavy atom. The van der Waals surface area contributed by atoms with Gasteiger partial charge in [-0.05, 0) is 37.8 Å². The highest BCUT2D eigenvalue weighted by Gasteiger charge is 2.20. The first kappa shape index (κ1) is 19.3. The van der Waals surface area contributed by atoms with Crippen LogP contribution in [0.5, 0.6) is 0 Å². The van der Waals surface area contributed by atoms with Gasteiger partial charge in [-0.1, -0.05) is 43.0 Å². The summed E-state index contributed by atoms with van der Waals surface area (Å²) in [5, 5.41) is 9.61. The van der Waals surface area contributed by atoms with Crippen LogP contribution in [0.4, 0.5) is 0 Å². The summed E-state index contributed by atoms with van der Waals surface area (Å²) < 4.78 is 0. The van der Waals surface area contributed by atoms with Crippen LogP contribution in [0.1, 0.15) is 48.8 Å². The Labute approximate surface area is 151 Å². The minimum Gasteiger partial charge on any atom is -0.355 e. The summed E-state index contributed by atoms with van der Waals surface area (Å²) in [6.07, 6.45) is 5.72. The molecule has 0 heterocycles. The van der Waals surface area contributed by atoms with E-state index in [0.717, 1.165) is 25.3 Å². The van der Waals surface area contributed by atoms with E-state index in [1.807, 2.05) is 0 Å². The molecule has 25 heavy (non-hydrogen) atoms. The van der Waals surface area contributed by atoms with Gasteiger partial charge in [0, 0.05) is 32.6 Å². The maximum absolute atomic E-state index is 12.1. The molecule has 1 aromatic rings. The van der Waals surface area contributed by atoms with Gasteiger partial charge in [0.1, 0.15) is 0 Å². The van der Waals surface area contributed by atoms with Crippen LogP contribution in [-0.2, 0) is 11.3 Å². The average Bonchev–Trinajstić information content (AvgIpc) is 2.63. The Morgan fingerprint density at radius 1 is 1.08 bits per heavy atom. The van der Waals surface area contributed by atoms with Gasteiger partial charge >= 0.3 is 0 Å². The summed E-state index contributed by atoms with van der Waals surface area (Å²) in [6.45, 7) is 6.26. The van der Waals surface area contributed by atoms with Gasteiger partial charge < -0.3 is 16.0 Å². The summed E-state index contributed by atoms with van der Waals surface area (Å²) in [4.78, 5) is 16.3. The molecule has 0 radical (unpaired) electrons. The van der Waals surface area contributed by atoms with E-state index in [0.29, 0.717) is 13.1 Å². The van der Waals surface area contributed by atoms with Crippen molar-refractivity contribution in [2.75, 3.05) is 20.1 Å². The van der Waals surface area contributed by atoms with E-state index >= 15 is 0 Å². The quantitative estimate of drug-likeness (QED) is 0.422. The largest absolute Gasteiger partial charge is 0.355 e. The lowest BCUT2D eigenvalue weighted by molar-refractivity contribution is -0.125. The zero-order valence-electron chi connectivity index (χ0n) is 15.8. The number of rotatable bonds is 6. The van der Waals surface area contributed by atoms with Gasteiger partial charge in [-0.3, -0.25) is 9.79 Å². The van der Waals surface area contributed by atoms with E-state index in [4.69, 9.17) is 0 Å². The molecular formula is C20H32N4O. The smallest absolute Gasteiger partial charge is 0.223 e. The molecule has 0 spiro atoms. The van der Waals surface area contributed by atoms with Gasteiger partial charge in [-0.25, -0.2) is 0 Å². The number of nitrogens with zero attached hydrogens (tertiary/aromatic N) is 1. The number of nitrogens with one attached hydrogen (secondary N) is 3. The number of benzene rings is 1. The molecule has 1 saturated carbocycles. The Balaban J connectivity index is 1.67. The molecule has 1 aliphatic carbocycles. The fourth-order valence-electron chi connectivity index (χ4n) is 3.32. The van der Waals surface area contributed by atoms with E-state index in [9.17, 15) is 4.79 Å². The minimum atomic E-state index is 0.208. The number of carbonyl (C=O) groups is 1. The number of aliphatic imine (C=N–C) groups is 1. The fourth-order valence-corrected chi connectivity index (χ4v) is 3.32. The van der Waals surface area contributed by atoms with E-state index < -0.39 is 0 Å². The van der Waals surface area contributed by atoms with Gasteiger partial charge in [-0.15, -0.1) is 0 Å². The Bertz CT molecular complexity index is 591. The van der Waals surface area contributed by atoms with Crippen molar-refractivity contribution in [2.45, 2.75) is 52.5 Å². The van der Waals surface area contributed by atoms with Crippen molar-refractivity contribution in [3.8, 4) is 0 Å². The molecule has 0 atom stereocenters. The van der Waals surface area contributed by atoms with Crippen molar-refractivity contribution in [3.05, 3.63) is 34.9 Å². The lowest BCUT2D eigenvalue weighted by atomic mass is 9.89. The molecule has 0 saturated heterocycles. The minimum absolute atomic E-state index is 0.208. The van der Waals surface area contributed by atoms with Crippen molar-refractivity contribution in [2.24, 2.45) is 10.9 Å². The van der Waals surface area contributed by atoms with Gasteiger partial charge in [0.2, 0.25) is 5.91 Å². The lowest BCUT2D eigenvalue weighted by Crippen LogP contribution is -2.42. The van der Waals surface area contributed by atoms with Gasteiger partial charge in [0.25, 0.3) is 0 Å². The molecule has 138 valence electrons. The highest BCUT2D eigenvalue weighted by atomic mass is 16.1. The highest BCUT2D eigenvalue weighted by molar-refractivity contribution is 5.80. The van der Waals surface area contributed by atoms with E-state index in [2.05, 4.69) is 53.0 Å². The van der Waals surface area contributed by atoms with Gasteiger partial charge in [-0.2, -0.15) is 0 Å². The molecule has 0 unspecified atom stereocenters. The first-order chi connectivity index (χ1) is 12.1. The number of aryl methyl sites for hydroxylation is 2. The number of guanidine groups is 1. The van der Waals surface area contributed by atoms with Crippen LogP contribution in [0.3, 0.4) is 0 Å². The van der Waals surface area contributed by atoms with Crippen molar-refractivity contribution in [1.82, 2.24) is 16.0 Å². The number of hydrogen-bond acceptors (Lipinski definition) is 2. The molecule has 2 rings (SSSR count). The van der Waals surface area contributed by atoms with Gasteiger partial charge in [0.15, 0.2) is 5.96 Å². The predicted molar refractivity (Wildman–Crippen MR) is 104 cm³/mol. The molecule has 3 N–H and O–H groups in total. The third-order valence-corrected chi connectivity index (χ3v) is 4.86. The summed E-state index contributed by atoms with van der Waals surface area (Å²) >= 11 is 0. The van der Waals surface area contributed by atoms with Crippen LogP contribution in [-0.4, -0.2) is 32.0 Å². The van der Waals surface area contributed by atoms with Crippen LogP contribution in [0.25, 0.3) is 0 Å². The standard InChI is InChI=1S/C20H32N4O/c1-15-9-10-18(16(2)13-15)14-24-20(21-3)23-12-11-22-19(25)17-7-5-4-6-8-17/h9-10,13,17H,4-8,11-12,14H2,1-3H3,(H,22,25)(H2,21,23,24). The maximum atomic E-state index is 12.1. The van der Waals surface area contributed by atoms with Crippen molar-refractivity contribution < 1.29 is 4.79 Å². The van der Waals surface area contributed by atoms with Crippen molar-refractivity contribution in [3.63, 3.8) is 0 Å². The maximum Gasteiger partial charge on any atom is 0.223 e. The Kier molecular flexibility index (Phi) is 7.76. The molecular weight excluding hydrogens is 312 g/mol. The van der Waals surface area contributed by atoms with E-state index in [1.165, 1.54) is 36.0 Å². The molecule has 5 heteroatoms. The van der Waals surface area contributed by atoms with Crippen LogP contribution in [0.15, 0.2) is 23.2 Å². The summed E-state index contributed by atoms with van der Waals surface area (Å²) in [6, 6.07) is 6.46. The second kappa shape index (κ2) is 10.1. The Morgan fingerprint density at radius 2 is 1.80 bits per heavy atom. The number of amides is 1.